The molecule has 0 fully saturated rings. The van der Waals surface area contributed by atoms with E-state index in [2.05, 4.69) is 26.1 Å². The van der Waals surface area contributed by atoms with E-state index in [1.54, 1.807) is 0 Å². The number of rotatable bonds is 50. The third-order valence-electron chi connectivity index (χ3n) is 12.9. The third kappa shape index (κ3) is 43.5. The van der Waals surface area contributed by atoms with Crippen LogP contribution < -0.4 is 5.32 Å². The Balaban J connectivity index is 4.48. The van der Waals surface area contributed by atoms with Crippen LogP contribution in [-0.2, 0) is 14.3 Å². The molecule has 60 heavy (non-hydrogen) atoms. The summed E-state index contributed by atoms with van der Waals surface area (Å²) in [4.78, 5) is 26.2. The molecule has 0 aliphatic heterocycles. The van der Waals surface area contributed by atoms with Gasteiger partial charge in [-0.15, -0.1) is 0 Å². The second-order valence-corrected chi connectivity index (χ2v) is 19.0. The molecule has 0 saturated carbocycles. The minimum Gasteiger partial charge on any atom is -0.462 e. The monoisotopic (exact) mass is 850 g/mol. The summed E-state index contributed by atoms with van der Waals surface area (Å²) in [7, 11) is 0. The maximum atomic E-state index is 13.2. The topological polar surface area (TPSA) is 95.9 Å². The van der Waals surface area contributed by atoms with E-state index in [-0.39, 0.29) is 24.9 Å². The highest BCUT2D eigenvalue weighted by Crippen LogP contribution is 2.19. The summed E-state index contributed by atoms with van der Waals surface area (Å²) in [6, 6.07) is -0.691. The Labute approximate surface area is 375 Å². The predicted octanol–water partition coefficient (Wildman–Crippen LogP) is 16.4. The maximum absolute atomic E-state index is 13.2. The van der Waals surface area contributed by atoms with Crippen molar-refractivity contribution in [1.82, 2.24) is 5.32 Å². The second kappa shape index (κ2) is 48.9. The van der Waals surface area contributed by atoms with Crippen molar-refractivity contribution in [3.05, 3.63) is 0 Å². The number of aliphatic hydroxyl groups excluding tert-OH is 2. The highest BCUT2D eigenvalue weighted by molar-refractivity contribution is 5.77. The lowest BCUT2D eigenvalue weighted by atomic mass is 10.0. The van der Waals surface area contributed by atoms with Crippen LogP contribution in [-0.4, -0.2) is 46.9 Å². The Morgan fingerprint density at radius 1 is 0.417 bits per heavy atom. The molecule has 3 atom stereocenters. The molecule has 1 amide bonds. The lowest BCUT2D eigenvalue weighted by Gasteiger charge is -2.24. The van der Waals surface area contributed by atoms with Crippen LogP contribution in [0.1, 0.15) is 310 Å². The minimum absolute atomic E-state index is 0.0880. The lowest BCUT2D eigenvalue weighted by molar-refractivity contribution is -0.151. The van der Waals surface area contributed by atoms with Gasteiger partial charge in [-0.2, -0.15) is 0 Å². The van der Waals surface area contributed by atoms with Crippen molar-refractivity contribution < 1.29 is 24.5 Å². The number of aliphatic hydroxyl groups is 2. The number of carbonyl (C=O) groups excluding carboxylic acids is 2. The van der Waals surface area contributed by atoms with Crippen molar-refractivity contribution in [3.63, 3.8) is 0 Å². The Morgan fingerprint density at radius 2 is 0.700 bits per heavy atom. The van der Waals surface area contributed by atoms with Crippen molar-refractivity contribution >= 4 is 11.9 Å². The van der Waals surface area contributed by atoms with Crippen molar-refractivity contribution in [3.8, 4) is 0 Å². The molecule has 0 bridgehead atoms. The summed E-state index contributed by atoms with van der Waals surface area (Å²) in [6.45, 7) is 6.51. The number of esters is 1. The van der Waals surface area contributed by atoms with Gasteiger partial charge in [0.2, 0.25) is 5.91 Å². The van der Waals surface area contributed by atoms with Gasteiger partial charge < -0.3 is 20.3 Å². The van der Waals surface area contributed by atoms with E-state index in [0.717, 1.165) is 38.5 Å². The van der Waals surface area contributed by atoms with E-state index in [4.69, 9.17) is 4.74 Å². The van der Waals surface area contributed by atoms with Gasteiger partial charge in [-0.1, -0.05) is 271 Å². The Kier molecular flexibility index (Phi) is 48.0. The van der Waals surface area contributed by atoms with Crippen LogP contribution in [0.4, 0.5) is 0 Å². The summed E-state index contributed by atoms with van der Waals surface area (Å²) in [5.41, 5.74) is 0. The minimum atomic E-state index is -0.778. The zero-order valence-electron chi connectivity index (χ0n) is 40.9. The third-order valence-corrected chi connectivity index (χ3v) is 12.9. The van der Waals surface area contributed by atoms with Gasteiger partial charge in [0.15, 0.2) is 0 Å². The fourth-order valence-electron chi connectivity index (χ4n) is 8.79. The average molecular weight is 850 g/mol. The van der Waals surface area contributed by atoms with Gasteiger partial charge >= 0.3 is 5.97 Å². The summed E-state index contributed by atoms with van der Waals surface area (Å²) in [5, 5.41) is 23.7. The molecule has 0 aliphatic rings. The van der Waals surface area contributed by atoms with Crippen molar-refractivity contribution in [2.24, 2.45) is 0 Å². The molecule has 0 radical (unpaired) electrons. The van der Waals surface area contributed by atoms with Gasteiger partial charge in [0.25, 0.3) is 0 Å². The standard InChI is InChI=1S/C54H107NO5/c1-4-7-10-13-16-19-21-23-25-27-29-31-34-36-39-42-45-50(48-53(58)55-51(49-56)52(57)46-43-40-37-33-18-15-12-9-6-3)60-54(59)47-44-41-38-35-32-30-28-26-24-22-20-17-14-11-8-5-2/h50-52,56-57H,4-49H2,1-3H3,(H,55,58). The molecule has 3 N–H and O–H groups in total. The fraction of sp³-hybridized carbons (Fsp3) is 0.963. The molecule has 6 heteroatoms. The van der Waals surface area contributed by atoms with Crippen LogP contribution >= 0.6 is 0 Å². The molecule has 0 rings (SSSR count). The number of unbranched alkanes of at least 4 members (excludes halogenated alkanes) is 38. The first-order valence-electron chi connectivity index (χ1n) is 27.3. The van der Waals surface area contributed by atoms with Gasteiger partial charge in [-0.3, -0.25) is 9.59 Å². The molecule has 0 aromatic carbocycles. The molecule has 0 aliphatic carbocycles. The van der Waals surface area contributed by atoms with Crippen molar-refractivity contribution in [1.29, 1.82) is 0 Å². The first-order valence-corrected chi connectivity index (χ1v) is 27.3. The van der Waals surface area contributed by atoms with Crippen LogP contribution in [0.2, 0.25) is 0 Å². The van der Waals surface area contributed by atoms with Gasteiger partial charge in [-0.05, 0) is 25.7 Å². The molecule has 0 aromatic heterocycles. The highest BCUT2D eigenvalue weighted by Gasteiger charge is 2.24. The summed E-state index contributed by atoms with van der Waals surface area (Å²) in [6.07, 6.45) is 53.1. The van der Waals surface area contributed by atoms with Gasteiger partial charge in [0.05, 0.1) is 25.2 Å². The highest BCUT2D eigenvalue weighted by atomic mass is 16.5. The van der Waals surface area contributed by atoms with Gasteiger partial charge in [-0.25, -0.2) is 0 Å². The molecule has 0 spiro atoms. The SMILES string of the molecule is CCCCCCCCCCCCCCCCCCC(=O)OC(CCCCCCCCCCCCCCCCCC)CC(=O)NC(CO)C(O)CCCCCCCCCCC. The Morgan fingerprint density at radius 3 is 1.02 bits per heavy atom. The molecular weight excluding hydrogens is 743 g/mol. The molecular formula is C54H107NO5. The molecule has 3 unspecified atom stereocenters. The number of hydrogen-bond acceptors (Lipinski definition) is 5. The zero-order valence-corrected chi connectivity index (χ0v) is 40.9. The number of nitrogens with one attached hydrogen (secondary N) is 1. The van der Waals surface area contributed by atoms with E-state index in [0.29, 0.717) is 19.3 Å². The largest absolute Gasteiger partial charge is 0.462 e. The quantitative estimate of drug-likeness (QED) is 0.0419. The van der Waals surface area contributed by atoms with Crippen LogP contribution in [0.15, 0.2) is 0 Å². The predicted molar refractivity (Wildman–Crippen MR) is 260 cm³/mol. The Hall–Kier alpha value is -1.14. The smallest absolute Gasteiger partial charge is 0.306 e. The van der Waals surface area contributed by atoms with Gasteiger partial charge in [0.1, 0.15) is 6.10 Å². The first kappa shape index (κ1) is 58.9. The van der Waals surface area contributed by atoms with Crippen LogP contribution in [0.25, 0.3) is 0 Å². The van der Waals surface area contributed by atoms with Crippen molar-refractivity contribution in [2.75, 3.05) is 6.61 Å². The van der Waals surface area contributed by atoms with Gasteiger partial charge in [0, 0.05) is 6.42 Å². The molecule has 358 valence electrons. The number of ether oxygens (including phenoxy) is 1. The molecule has 0 saturated heterocycles. The van der Waals surface area contributed by atoms with E-state index < -0.39 is 18.2 Å². The summed E-state index contributed by atoms with van der Waals surface area (Å²) in [5.74, 6) is -0.448. The van der Waals surface area contributed by atoms with Crippen molar-refractivity contribution in [2.45, 2.75) is 328 Å². The number of amides is 1. The van der Waals surface area contributed by atoms with Crippen LogP contribution in [0.3, 0.4) is 0 Å². The second-order valence-electron chi connectivity index (χ2n) is 19.0. The average Bonchev–Trinajstić information content (AvgIpc) is 3.24. The van der Waals surface area contributed by atoms with Crippen LogP contribution in [0.5, 0.6) is 0 Å². The van der Waals surface area contributed by atoms with E-state index >= 15 is 0 Å². The Bertz CT molecular complexity index is 867. The van der Waals surface area contributed by atoms with E-state index in [1.807, 2.05) is 0 Å². The molecule has 0 aromatic rings. The fourth-order valence-corrected chi connectivity index (χ4v) is 8.79. The maximum Gasteiger partial charge on any atom is 0.306 e. The summed E-state index contributed by atoms with van der Waals surface area (Å²) >= 11 is 0. The van der Waals surface area contributed by atoms with E-state index in [9.17, 15) is 19.8 Å². The number of hydrogen-bond donors (Lipinski definition) is 3. The lowest BCUT2D eigenvalue weighted by Crippen LogP contribution is -2.46. The zero-order chi connectivity index (χ0) is 43.8. The van der Waals surface area contributed by atoms with Crippen LogP contribution in [0, 0.1) is 0 Å². The summed E-state index contributed by atoms with van der Waals surface area (Å²) < 4.78 is 5.95. The first-order chi connectivity index (χ1) is 29.5. The normalized spacial score (nSPS) is 13.1. The van der Waals surface area contributed by atoms with E-state index in [1.165, 1.54) is 225 Å². The number of carbonyl (C=O) groups is 2. The molecule has 6 nitrogen and oxygen atoms in total. The molecule has 0 heterocycles.